The predicted octanol–water partition coefficient (Wildman–Crippen LogP) is 2.73. The molecule has 0 saturated heterocycles. The van der Waals surface area contributed by atoms with Crippen LogP contribution in [0.25, 0.3) is 5.57 Å². The van der Waals surface area contributed by atoms with Gasteiger partial charge in [0.1, 0.15) is 12.2 Å². The van der Waals surface area contributed by atoms with Crippen LogP contribution in [0.2, 0.25) is 0 Å². The van der Waals surface area contributed by atoms with E-state index < -0.39 is 0 Å². The zero-order valence-corrected chi connectivity index (χ0v) is 11.7. The van der Waals surface area contributed by atoms with Gasteiger partial charge in [0, 0.05) is 13.8 Å². The summed E-state index contributed by atoms with van der Waals surface area (Å²) < 4.78 is 10.6. The molecule has 1 aromatic rings. The average Bonchev–Trinajstić information content (AvgIpc) is 2.40. The second kappa shape index (κ2) is 6.37. The summed E-state index contributed by atoms with van der Waals surface area (Å²) in [4.78, 5) is 22.3. The standard InChI is InChI=1S/C16H18O4/c1-11(17)19-14-8-9-16(20-12(2)18)15(10-14)13-6-4-3-5-7-13/h3-7,10,14,16H,8-9H2,1-2H3/t14-,16-/m1/s1. The minimum Gasteiger partial charge on any atom is -0.458 e. The van der Waals surface area contributed by atoms with E-state index in [1.165, 1.54) is 13.8 Å². The van der Waals surface area contributed by atoms with Crippen LogP contribution in [-0.4, -0.2) is 24.1 Å². The molecule has 1 aliphatic carbocycles. The van der Waals surface area contributed by atoms with Crippen LogP contribution in [-0.2, 0) is 19.1 Å². The van der Waals surface area contributed by atoms with Crippen LogP contribution in [0.5, 0.6) is 0 Å². The maximum atomic E-state index is 11.2. The summed E-state index contributed by atoms with van der Waals surface area (Å²) in [5, 5.41) is 0. The van der Waals surface area contributed by atoms with E-state index in [0.29, 0.717) is 12.8 Å². The molecular formula is C16H18O4. The Kier molecular flexibility index (Phi) is 4.56. The summed E-state index contributed by atoms with van der Waals surface area (Å²) in [6.45, 7) is 2.80. The zero-order chi connectivity index (χ0) is 14.5. The third-order valence-electron chi connectivity index (χ3n) is 3.16. The Morgan fingerprint density at radius 2 is 1.65 bits per heavy atom. The lowest BCUT2D eigenvalue weighted by atomic mass is 9.89. The van der Waals surface area contributed by atoms with Gasteiger partial charge in [0.15, 0.2) is 0 Å². The molecule has 2 rings (SSSR count). The highest BCUT2D eigenvalue weighted by Gasteiger charge is 2.27. The number of carbonyl (C=O) groups excluding carboxylic acids is 2. The minimum absolute atomic E-state index is 0.255. The van der Waals surface area contributed by atoms with Crippen molar-refractivity contribution < 1.29 is 19.1 Å². The fourth-order valence-electron chi connectivity index (χ4n) is 2.40. The number of hydrogen-bond donors (Lipinski definition) is 0. The molecule has 0 aliphatic heterocycles. The molecule has 0 heterocycles. The van der Waals surface area contributed by atoms with Gasteiger partial charge in [-0.25, -0.2) is 0 Å². The molecule has 106 valence electrons. The van der Waals surface area contributed by atoms with Crippen LogP contribution >= 0.6 is 0 Å². The van der Waals surface area contributed by atoms with Gasteiger partial charge in [-0.2, -0.15) is 0 Å². The van der Waals surface area contributed by atoms with Crippen LogP contribution in [0.1, 0.15) is 32.3 Å². The summed E-state index contributed by atoms with van der Waals surface area (Å²) >= 11 is 0. The van der Waals surface area contributed by atoms with Gasteiger partial charge in [-0.1, -0.05) is 30.3 Å². The highest BCUT2D eigenvalue weighted by molar-refractivity contribution is 5.75. The third-order valence-corrected chi connectivity index (χ3v) is 3.16. The molecule has 0 fully saturated rings. The zero-order valence-electron chi connectivity index (χ0n) is 11.7. The molecule has 0 N–H and O–H groups in total. The Morgan fingerprint density at radius 3 is 2.25 bits per heavy atom. The second-order valence-corrected chi connectivity index (χ2v) is 4.81. The molecule has 20 heavy (non-hydrogen) atoms. The smallest absolute Gasteiger partial charge is 0.303 e. The first-order valence-corrected chi connectivity index (χ1v) is 6.68. The number of carbonyl (C=O) groups is 2. The lowest BCUT2D eigenvalue weighted by molar-refractivity contribution is -0.148. The fourth-order valence-corrected chi connectivity index (χ4v) is 2.40. The molecule has 0 unspecified atom stereocenters. The third kappa shape index (κ3) is 3.70. The SMILES string of the molecule is CC(=O)O[C@H]1C=C(c2ccccc2)[C@H](OC(C)=O)CC1. The molecule has 0 aromatic heterocycles. The Hall–Kier alpha value is -2.10. The van der Waals surface area contributed by atoms with Gasteiger partial charge in [-0.05, 0) is 30.1 Å². The van der Waals surface area contributed by atoms with Crippen molar-refractivity contribution in [2.75, 3.05) is 0 Å². The van der Waals surface area contributed by atoms with Crippen LogP contribution in [0.3, 0.4) is 0 Å². The maximum Gasteiger partial charge on any atom is 0.303 e. The van der Waals surface area contributed by atoms with E-state index in [1.54, 1.807) is 0 Å². The van der Waals surface area contributed by atoms with E-state index in [-0.39, 0.29) is 24.1 Å². The molecule has 1 aliphatic rings. The molecule has 0 bridgehead atoms. The molecule has 0 amide bonds. The minimum atomic E-state index is -0.303. The summed E-state index contributed by atoms with van der Waals surface area (Å²) in [6.07, 6.45) is 2.66. The van der Waals surface area contributed by atoms with Crippen LogP contribution in [0, 0.1) is 0 Å². The first-order valence-electron chi connectivity index (χ1n) is 6.68. The van der Waals surface area contributed by atoms with Crippen molar-refractivity contribution in [2.45, 2.75) is 38.9 Å². The fraction of sp³-hybridized carbons (Fsp3) is 0.375. The van der Waals surface area contributed by atoms with Crippen molar-refractivity contribution in [3.63, 3.8) is 0 Å². The molecule has 1 aromatic carbocycles. The first-order chi connectivity index (χ1) is 9.56. The van der Waals surface area contributed by atoms with Crippen molar-refractivity contribution >= 4 is 17.5 Å². The Bertz CT molecular complexity index is 519. The Labute approximate surface area is 118 Å². The van der Waals surface area contributed by atoms with Crippen molar-refractivity contribution in [1.29, 1.82) is 0 Å². The maximum absolute atomic E-state index is 11.2. The molecule has 4 heteroatoms. The number of hydrogen-bond acceptors (Lipinski definition) is 4. The summed E-state index contributed by atoms with van der Waals surface area (Å²) in [5.74, 6) is -0.604. The molecule has 0 saturated carbocycles. The van der Waals surface area contributed by atoms with Crippen molar-refractivity contribution in [3.05, 3.63) is 42.0 Å². The normalized spacial score (nSPS) is 21.8. The van der Waals surface area contributed by atoms with E-state index in [1.807, 2.05) is 36.4 Å². The lowest BCUT2D eigenvalue weighted by Gasteiger charge is -2.28. The number of benzene rings is 1. The summed E-state index contributed by atoms with van der Waals surface area (Å²) in [6, 6.07) is 9.70. The van der Waals surface area contributed by atoms with Gasteiger partial charge < -0.3 is 9.47 Å². The van der Waals surface area contributed by atoms with Crippen LogP contribution in [0.15, 0.2) is 36.4 Å². The number of ether oxygens (including phenoxy) is 2. The first kappa shape index (κ1) is 14.3. The topological polar surface area (TPSA) is 52.6 Å². The van der Waals surface area contributed by atoms with Crippen molar-refractivity contribution in [3.8, 4) is 0 Å². The largest absolute Gasteiger partial charge is 0.458 e. The molecule has 2 atom stereocenters. The molecule has 0 spiro atoms. The highest BCUT2D eigenvalue weighted by atomic mass is 16.5. The van der Waals surface area contributed by atoms with Gasteiger partial charge >= 0.3 is 11.9 Å². The lowest BCUT2D eigenvalue weighted by Crippen LogP contribution is -2.27. The van der Waals surface area contributed by atoms with Gasteiger partial charge in [-0.3, -0.25) is 9.59 Å². The van der Waals surface area contributed by atoms with E-state index in [9.17, 15) is 9.59 Å². The molecular weight excluding hydrogens is 256 g/mol. The van der Waals surface area contributed by atoms with Gasteiger partial charge in [-0.15, -0.1) is 0 Å². The Morgan fingerprint density at radius 1 is 1.00 bits per heavy atom. The summed E-state index contributed by atoms with van der Waals surface area (Å²) in [5.41, 5.74) is 1.88. The summed E-state index contributed by atoms with van der Waals surface area (Å²) in [7, 11) is 0. The van der Waals surface area contributed by atoms with Crippen LogP contribution < -0.4 is 0 Å². The monoisotopic (exact) mass is 274 g/mol. The van der Waals surface area contributed by atoms with Crippen LogP contribution in [0.4, 0.5) is 0 Å². The van der Waals surface area contributed by atoms with Gasteiger partial charge in [0.2, 0.25) is 0 Å². The average molecular weight is 274 g/mol. The Balaban J connectivity index is 2.28. The second-order valence-electron chi connectivity index (χ2n) is 4.81. The highest BCUT2D eigenvalue weighted by Crippen LogP contribution is 2.31. The van der Waals surface area contributed by atoms with Gasteiger partial charge in [0.25, 0.3) is 0 Å². The van der Waals surface area contributed by atoms with E-state index in [0.717, 1.165) is 11.1 Å². The van der Waals surface area contributed by atoms with E-state index in [2.05, 4.69) is 0 Å². The van der Waals surface area contributed by atoms with E-state index in [4.69, 9.17) is 9.47 Å². The van der Waals surface area contributed by atoms with Gasteiger partial charge in [0.05, 0.1) is 0 Å². The van der Waals surface area contributed by atoms with E-state index >= 15 is 0 Å². The quantitative estimate of drug-likeness (QED) is 0.795. The predicted molar refractivity (Wildman–Crippen MR) is 74.8 cm³/mol. The van der Waals surface area contributed by atoms with Crippen molar-refractivity contribution in [1.82, 2.24) is 0 Å². The number of esters is 2. The molecule has 0 radical (unpaired) electrons. The molecule has 4 nitrogen and oxygen atoms in total. The number of rotatable bonds is 3. The van der Waals surface area contributed by atoms with Crippen molar-refractivity contribution in [2.24, 2.45) is 0 Å².